The average molecular weight is 277 g/mol. The molecule has 0 saturated carbocycles. The van der Waals surface area contributed by atoms with Crippen LogP contribution in [0.5, 0.6) is 0 Å². The Bertz CT molecular complexity index is 477. The van der Waals surface area contributed by atoms with Crippen molar-refractivity contribution >= 4 is 11.9 Å². The Morgan fingerprint density at radius 3 is 2.25 bits per heavy atom. The molecular formula is C16H23NO3. The van der Waals surface area contributed by atoms with Crippen molar-refractivity contribution in [2.24, 2.45) is 0 Å². The molecule has 110 valence electrons. The van der Waals surface area contributed by atoms with E-state index in [0.29, 0.717) is 0 Å². The maximum atomic E-state index is 12.3. The second kappa shape index (κ2) is 6.55. The number of nitrogens with one attached hydrogen (secondary N) is 1. The van der Waals surface area contributed by atoms with Crippen LogP contribution in [0.4, 0.5) is 0 Å². The molecule has 1 aromatic rings. The molecule has 1 rings (SSSR count). The lowest BCUT2D eigenvalue weighted by atomic mass is 9.83. The van der Waals surface area contributed by atoms with Crippen molar-refractivity contribution in [3.63, 3.8) is 0 Å². The molecule has 1 atom stereocenters. The number of carboxylic acids is 1. The quantitative estimate of drug-likeness (QED) is 0.839. The first kappa shape index (κ1) is 16.2. The molecule has 1 amide bonds. The van der Waals surface area contributed by atoms with Gasteiger partial charge in [0, 0.05) is 6.04 Å². The molecule has 4 nitrogen and oxygen atoms in total. The van der Waals surface area contributed by atoms with Crippen LogP contribution in [0.1, 0.15) is 45.2 Å². The monoisotopic (exact) mass is 277 g/mol. The zero-order valence-electron chi connectivity index (χ0n) is 12.6. The molecule has 0 fully saturated rings. The highest BCUT2D eigenvalue weighted by Crippen LogP contribution is 2.24. The van der Waals surface area contributed by atoms with Crippen LogP contribution < -0.4 is 5.32 Å². The number of carbonyl (C=O) groups excluding carboxylic acids is 1. The number of benzene rings is 1. The summed E-state index contributed by atoms with van der Waals surface area (Å²) < 4.78 is 0. The molecule has 4 heteroatoms. The van der Waals surface area contributed by atoms with Gasteiger partial charge in [-0.05, 0) is 38.3 Å². The maximum absolute atomic E-state index is 12.3. The molecule has 0 bridgehead atoms. The van der Waals surface area contributed by atoms with Gasteiger partial charge in [0.2, 0.25) is 5.91 Å². The molecule has 0 aliphatic rings. The van der Waals surface area contributed by atoms with Gasteiger partial charge in [0.1, 0.15) is 0 Å². The van der Waals surface area contributed by atoms with Crippen molar-refractivity contribution in [3.05, 3.63) is 35.4 Å². The standard InChI is InChI=1S/C16H23NO3/c1-5-12-6-8-13(9-7-12)16(3,4)15(20)17-11(2)10-14(18)19/h6-9,11H,5,10H2,1-4H3,(H,17,20)(H,18,19). The van der Waals surface area contributed by atoms with Gasteiger partial charge in [0.25, 0.3) is 0 Å². The third kappa shape index (κ3) is 4.08. The second-order valence-electron chi connectivity index (χ2n) is 5.65. The highest BCUT2D eigenvalue weighted by Gasteiger charge is 2.30. The van der Waals surface area contributed by atoms with Gasteiger partial charge in [-0.3, -0.25) is 9.59 Å². The summed E-state index contributed by atoms with van der Waals surface area (Å²) in [5, 5.41) is 11.5. The minimum Gasteiger partial charge on any atom is -0.481 e. The van der Waals surface area contributed by atoms with Crippen LogP contribution in [0.25, 0.3) is 0 Å². The number of aliphatic carboxylic acids is 1. The summed E-state index contributed by atoms with van der Waals surface area (Å²) in [6.45, 7) is 7.47. The first-order chi connectivity index (χ1) is 9.27. The van der Waals surface area contributed by atoms with Crippen molar-refractivity contribution in [2.75, 3.05) is 0 Å². The maximum Gasteiger partial charge on any atom is 0.305 e. The summed E-state index contributed by atoms with van der Waals surface area (Å²) in [4.78, 5) is 22.9. The molecule has 0 heterocycles. The Hall–Kier alpha value is -1.84. The van der Waals surface area contributed by atoms with Crippen LogP contribution in [-0.2, 0) is 21.4 Å². The molecule has 0 aliphatic carbocycles. The predicted octanol–water partition coefficient (Wildman–Crippen LogP) is 2.51. The van der Waals surface area contributed by atoms with Crippen LogP contribution >= 0.6 is 0 Å². The van der Waals surface area contributed by atoms with Gasteiger partial charge < -0.3 is 10.4 Å². The molecule has 2 N–H and O–H groups in total. The summed E-state index contributed by atoms with van der Waals surface area (Å²) in [6.07, 6.45) is 0.888. The fourth-order valence-corrected chi connectivity index (χ4v) is 2.01. The van der Waals surface area contributed by atoms with E-state index in [4.69, 9.17) is 5.11 Å². The number of aryl methyl sites for hydroxylation is 1. The summed E-state index contributed by atoms with van der Waals surface area (Å²) in [5.74, 6) is -1.07. The first-order valence-corrected chi connectivity index (χ1v) is 6.89. The van der Waals surface area contributed by atoms with Crippen LogP contribution in [0.3, 0.4) is 0 Å². The normalized spacial score (nSPS) is 12.8. The van der Waals surface area contributed by atoms with Crippen molar-refractivity contribution in [1.29, 1.82) is 0 Å². The molecular weight excluding hydrogens is 254 g/mol. The largest absolute Gasteiger partial charge is 0.481 e. The van der Waals surface area contributed by atoms with Crippen molar-refractivity contribution in [3.8, 4) is 0 Å². The van der Waals surface area contributed by atoms with Gasteiger partial charge >= 0.3 is 5.97 Å². The lowest BCUT2D eigenvalue weighted by Gasteiger charge is -2.26. The van der Waals surface area contributed by atoms with E-state index in [1.807, 2.05) is 38.1 Å². The molecule has 0 radical (unpaired) electrons. The van der Waals surface area contributed by atoms with Crippen LogP contribution in [0.2, 0.25) is 0 Å². The van der Waals surface area contributed by atoms with E-state index in [-0.39, 0.29) is 18.4 Å². The van der Waals surface area contributed by atoms with E-state index in [0.717, 1.165) is 12.0 Å². The minimum absolute atomic E-state index is 0.0728. The first-order valence-electron chi connectivity index (χ1n) is 6.89. The van der Waals surface area contributed by atoms with E-state index in [1.165, 1.54) is 5.56 Å². The van der Waals surface area contributed by atoms with Gasteiger partial charge in [-0.15, -0.1) is 0 Å². The number of amides is 1. The van der Waals surface area contributed by atoms with Gasteiger partial charge in [-0.1, -0.05) is 31.2 Å². The third-order valence-corrected chi connectivity index (χ3v) is 3.51. The average Bonchev–Trinajstić information content (AvgIpc) is 2.37. The number of carboxylic acid groups (broad SMARTS) is 1. The van der Waals surface area contributed by atoms with Crippen molar-refractivity contribution in [1.82, 2.24) is 5.32 Å². The SMILES string of the molecule is CCc1ccc(C(C)(C)C(=O)NC(C)CC(=O)O)cc1. The summed E-state index contributed by atoms with van der Waals surface area (Å²) in [5.41, 5.74) is 1.47. The van der Waals surface area contributed by atoms with Gasteiger partial charge in [0.15, 0.2) is 0 Å². The highest BCUT2D eigenvalue weighted by atomic mass is 16.4. The van der Waals surface area contributed by atoms with Crippen LogP contribution in [-0.4, -0.2) is 23.0 Å². The molecule has 1 aromatic carbocycles. The molecule has 0 aromatic heterocycles. The summed E-state index contributed by atoms with van der Waals surface area (Å²) in [7, 11) is 0. The Balaban J connectivity index is 2.80. The molecule has 0 spiro atoms. The fraction of sp³-hybridized carbons (Fsp3) is 0.500. The molecule has 0 saturated heterocycles. The molecule has 0 aliphatic heterocycles. The zero-order chi connectivity index (χ0) is 15.3. The number of carbonyl (C=O) groups is 2. The van der Waals surface area contributed by atoms with Crippen LogP contribution in [0, 0.1) is 0 Å². The predicted molar refractivity (Wildman–Crippen MR) is 78.7 cm³/mol. The number of hydrogen-bond donors (Lipinski definition) is 2. The molecule has 1 unspecified atom stereocenters. The van der Waals surface area contributed by atoms with Gasteiger partial charge in [-0.2, -0.15) is 0 Å². The van der Waals surface area contributed by atoms with E-state index in [9.17, 15) is 9.59 Å². The lowest BCUT2D eigenvalue weighted by molar-refractivity contribution is -0.137. The minimum atomic E-state index is -0.914. The third-order valence-electron chi connectivity index (χ3n) is 3.51. The molecule has 20 heavy (non-hydrogen) atoms. The Labute approximate surface area is 120 Å². The van der Waals surface area contributed by atoms with E-state index in [2.05, 4.69) is 12.2 Å². The van der Waals surface area contributed by atoms with E-state index < -0.39 is 11.4 Å². The van der Waals surface area contributed by atoms with E-state index >= 15 is 0 Å². The Kier molecular flexibility index (Phi) is 5.31. The van der Waals surface area contributed by atoms with Gasteiger partial charge in [0.05, 0.1) is 11.8 Å². The zero-order valence-corrected chi connectivity index (χ0v) is 12.6. The summed E-state index contributed by atoms with van der Waals surface area (Å²) in [6, 6.07) is 7.57. The van der Waals surface area contributed by atoms with E-state index in [1.54, 1.807) is 6.92 Å². The lowest BCUT2D eigenvalue weighted by Crippen LogP contribution is -2.44. The Morgan fingerprint density at radius 1 is 1.25 bits per heavy atom. The second-order valence-corrected chi connectivity index (χ2v) is 5.65. The smallest absolute Gasteiger partial charge is 0.305 e. The van der Waals surface area contributed by atoms with Crippen molar-refractivity contribution in [2.45, 2.75) is 52.0 Å². The Morgan fingerprint density at radius 2 is 1.80 bits per heavy atom. The van der Waals surface area contributed by atoms with Gasteiger partial charge in [-0.25, -0.2) is 0 Å². The highest BCUT2D eigenvalue weighted by molar-refractivity contribution is 5.87. The topological polar surface area (TPSA) is 66.4 Å². The fourth-order valence-electron chi connectivity index (χ4n) is 2.01. The number of rotatable bonds is 6. The van der Waals surface area contributed by atoms with Crippen molar-refractivity contribution < 1.29 is 14.7 Å². The summed E-state index contributed by atoms with van der Waals surface area (Å²) >= 11 is 0. The van der Waals surface area contributed by atoms with Crippen LogP contribution in [0.15, 0.2) is 24.3 Å². The number of hydrogen-bond acceptors (Lipinski definition) is 2.